The van der Waals surface area contributed by atoms with E-state index in [9.17, 15) is 4.79 Å². The average molecular weight is 283 g/mol. The number of benzene rings is 1. The molecule has 1 fully saturated rings. The van der Waals surface area contributed by atoms with Crippen molar-refractivity contribution in [1.29, 1.82) is 0 Å². The van der Waals surface area contributed by atoms with Gasteiger partial charge in [0.2, 0.25) is 0 Å². The van der Waals surface area contributed by atoms with Crippen molar-refractivity contribution in [3.63, 3.8) is 0 Å². The molecule has 104 valence electrons. The molecular formula is C14H19ClN2O2. The fourth-order valence-corrected chi connectivity index (χ4v) is 2.57. The quantitative estimate of drug-likeness (QED) is 0.788. The minimum Gasteiger partial charge on any atom is -0.465 e. The molecule has 1 aliphatic heterocycles. The van der Waals surface area contributed by atoms with Crippen LogP contribution in [0.3, 0.4) is 0 Å². The van der Waals surface area contributed by atoms with Crippen LogP contribution in [0.1, 0.15) is 12.0 Å². The van der Waals surface area contributed by atoms with Crippen LogP contribution < -0.4 is 5.32 Å². The van der Waals surface area contributed by atoms with E-state index in [4.69, 9.17) is 16.7 Å². The summed E-state index contributed by atoms with van der Waals surface area (Å²) in [5, 5.41) is 11.6. The highest BCUT2D eigenvalue weighted by molar-refractivity contribution is 6.30. The maximum atomic E-state index is 10.3. The number of hydrogen-bond acceptors (Lipinski definition) is 2. The molecular weight excluding hydrogens is 264 g/mol. The Kier molecular flexibility index (Phi) is 5.05. The SMILES string of the molecule is O=C(O)NCCCN1CC(Cc2ccc(Cl)cc2)C1. The number of amides is 1. The van der Waals surface area contributed by atoms with E-state index in [1.54, 1.807) is 0 Å². The Morgan fingerprint density at radius 3 is 2.68 bits per heavy atom. The van der Waals surface area contributed by atoms with Gasteiger partial charge in [0, 0.05) is 24.7 Å². The summed E-state index contributed by atoms with van der Waals surface area (Å²) in [5.74, 6) is 0.716. The minimum atomic E-state index is -0.941. The molecule has 1 aromatic rings. The maximum absolute atomic E-state index is 10.3. The second kappa shape index (κ2) is 6.78. The van der Waals surface area contributed by atoms with Crippen molar-refractivity contribution in [2.24, 2.45) is 5.92 Å². The second-order valence-corrected chi connectivity index (χ2v) is 5.48. The minimum absolute atomic E-state index is 0.535. The molecule has 0 saturated carbocycles. The zero-order valence-electron chi connectivity index (χ0n) is 10.8. The third kappa shape index (κ3) is 4.73. The number of carboxylic acid groups (broad SMARTS) is 1. The topological polar surface area (TPSA) is 52.6 Å². The summed E-state index contributed by atoms with van der Waals surface area (Å²) in [6, 6.07) is 8.04. The van der Waals surface area contributed by atoms with Crippen molar-refractivity contribution < 1.29 is 9.90 Å². The number of likely N-dealkylation sites (tertiary alicyclic amines) is 1. The summed E-state index contributed by atoms with van der Waals surface area (Å²) in [6.45, 7) is 3.72. The van der Waals surface area contributed by atoms with E-state index in [-0.39, 0.29) is 0 Å². The van der Waals surface area contributed by atoms with E-state index in [0.29, 0.717) is 12.5 Å². The van der Waals surface area contributed by atoms with Crippen molar-refractivity contribution in [3.05, 3.63) is 34.9 Å². The maximum Gasteiger partial charge on any atom is 0.404 e. The molecule has 0 spiro atoms. The van der Waals surface area contributed by atoms with Gasteiger partial charge in [-0.25, -0.2) is 4.79 Å². The smallest absolute Gasteiger partial charge is 0.404 e. The fourth-order valence-electron chi connectivity index (χ4n) is 2.44. The van der Waals surface area contributed by atoms with E-state index < -0.39 is 6.09 Å². The molecule has 0 unspecified atom stereocenters. The monoisotopic (exact) mass is 282 g/mol. The van der Waals surface area contributed by atoms with E-state index >= 15 is 0 Å². The first-order chi connectivity index (χ1) is 9.13. The predicted molar refractivity (Wildman–Crippen MR) is 75.7 cm³/mol. The van der Waals surface area contributed by atoms with Crippen molar-refractivity contribution in [1.82, 2.24) is 10.2 Å². The van der Waals surface area contributed by atoms with Gasteiger partial charge in [-0.1, -0.05) is 23.7 Å². The summed E-state index contributed by atoms with van der Waals surface area (Å²) < 4.78 is 0. The van der Waals surface area contributed by atoms with Crippen molar-refractivity contribution >= 4 is 17.7 Å². The largest absolute Gasteiger partial charge is 0.465 e. The Morgan fingerprint density at radius 1 is 1.37 bits per heavy atom. The van der Waals surface area contributed by atoms with Gasteiger partial charge < -0.3 is 15.3 Å². The molecule has 1 saturated heterocycles. The molecule has 1 heterocycles. The van der Waals surface area contributed by atoms with E-state index in [0.717, 1.165) is 37.5 Å². The molecule has 0 bridgehead atoms. The van der Waals surface area contributed by atoms with Crippen LogP contribution in [0.5, 0.6) is 0 Å². The molecule has 0 aliphatic carbocycles. The highest BCUT2D eigenvalue weighted by Gasteiger charge is 2.25. The molecule has 0 atom stereocenters. The van der Waals surface area contributed by atoms with Gasteiger partial charge in [-0.05, 0) is 43.0 Å². The number of hydrogen-bond donors (Lipinski definition) is 2. The lowest BCUT2D eigenvalue weighted by Crippen LogP contribution is -2.48. The lowest BCUT2D eigenvalue weighted by molar-refractivity contribution is 0.0992. The van der Waals surface area contributed by atoms with Crippen LogP contribution >= 0.6 is 11.6 Å². The first-order valence-electron chi connectivity index (χ1n) is 6.57. The van der Waals surface area contributed by atoms with Crippen molar-refractivity contribution in [2.45, 2.75) is 12.8 Å². The van der Waals surface area contributed by atoms with Gasteiger partial charge in [0.1, 0.15) is 0 Å². The molecule has 1 aromatic carbocycles. The number of carbonyl (C=O) groups is 1. The summed E-state index contributed by atoms with van der Waals surface area (Å²) in [6.07, 6.45) is 1.03. The van der Waals surface area contributed by atoms with Gasteiger partial charge in [0.25, 0.3) is 0 Å². The highest BCUT2D eigenvalue weighted by atomic mass is 35.5. The molecule has 1 aliphatic rings. The number of nitrogens with zero attached hydrogens (tertiary/aromatic N) is 1. The van der Waals surface area contributed by atoms with E-state index in [1.807, 2.05) is 12.1 Å². The number of halogens is 1. The molecule has 0 aromatic heterocycles. The lowest BCUT2D eigenvalue weighted by atomic mass is 9.92. The lowest BCUT2D eigenvalue weighted by Gasteiger charge is -2.39. The Bertz CT molecular complexity index is 416. The van der Waals surface area contributed by atoms with Crippen LogP contribution in [0.2, 0.25) is 5.02 Å². The second-order valence-electron chi connectivity index (χ2n) is 5.04. The first-order valence-corrected chi connectivity index (χ1v) is 6.95. The van der Waals surface area contributed by atoms with Crippen LogP contribution in [-0.4, -0.2) is 42.3 Å². The summed E-state index contributed by atoms with van der Waals surface area (Å²) in [7, 11) is 0. The van der Waals surface area contributed by atoms with Crippen LogP contribution in [0, 0.1) is 5.92 Å². The molecule has 1 amide bonds. The predicted octanol–water partition coefficient (Wildman–Crippen LogP) is 2.47. The Labute approximate surface area is 118 Å². The number of rotatable bonds is 6. The Balaban J connectivity index is 1.58. The fraction of sp³-hybridized carbons (Fsp3) is 0.500. The standard InChI is InChI=1S/C14H19ClN2O2/c15-13-4-2-11(3-5-13)8-12-9-17(10-12)7-1-6-16-14(18)19/h2-5,12,16H,1,6-10H2,(H,18,19). The summed E-state index contributed by atoms with van der Waals surface area (Å²) in [4.78, 5) is 12.6. The van der Waals surface area contributed by atoms with Crippen molar-refractivity contribution in [3.8, 4) is 0 Å². The summed E-state index contributed by atoms with van der Waals surface area (Å²) in [5.41, 5.74) is 1.33. The van der Waals surface area contributed by atoms with E-state index in [2.05, 4.69) is 22.3 Å². The average Bonchev–Trinajstić information content (AvgIpc) is 2.32. The third-order valence-corrected chi connectivity index (χ3v) is 3.65. The molecule has 2 rings (SSSR count). The Hall–Kier alpha value is -1.26. The van der Waals surface area contributed by atoms with Gasteiger partial charge in [-0.3, -0.25) is 0 Å². The third-order valence-electron chi connectivity index (χ3n) is 3.40. The molecule has 2 N–H and O–H groups in total. The van der Waals surface area contributed by atoms with E-state index in [1.165, 1.54) is 5.56 Å². The molecule has 19 heavy (non-hydrogen) atoms. The molecule has 4 nitrogen and oxygen atoms in total. The molecule has 5 heteroatoms. The van der Waals surface area contributed by atoms with Gasteiger partial charge in [-0.2, -0.15) is 0 Å². The van der Waals surface area contributed by atoms with Gasteiger partial charge >= 0.3 is 6.09 Å². The van der Waals surface area contributed by atoms with Gasteiger partial charge in [0.05, 0.1) is 0 Å². The zero-order chi connectivity index (χ0) is 13.7. The first kappa shape index (κ1) is 14.2. The van der Waals surface area contributed by atoms with Crippen LogP contribution in [0.15, 0.2) is 24.3 Å². The van der Waals surface area contributed by atoms with Gasteiger partial charge in [0.15, 0.2) is 0 Å². The zero-order valence-corrected chi connectivity index (χ0v) is 11.6. The number of nitrogens with one attached hydrogen (secondary N) is 1. The van der Waals surface area contributed by atoms with Gasteiger partial charge in [-0.15, -0.1) is 0 Å². The normalized spacial score (nSPS) is 16.1. The van der Waals surface area contributed by atoms with Crippen molar-refractivity contribution in [2.75, 3.05) is 26.2 Å². The summed E-state index contributed by atoms with van der Waals surface area (Å²) >= 11 is 5.86. The van der Waals surface area contributed by atoms with Crippen LogP contribution in [-0.2, 0) is 6.42 Å². The van der Waals surface area contributed by atoms with Crippen LogP contribution in [0.4, 0.5) is 4.79 Å². The van der Waals surface area contributed by atoms with Crippen LogP contribution in [0.25, 0.3) is 0 Å². The highest BCUT2D eigenvalue weighted by Crippen LogP contribution is 2.21. The Morgan fingerprint density at radius 2 is 2.05 bits per heavy atom. The molecule has 0 radical (unpaired) electrons.